The highest BCUT2D eigenvalue weighted by Gasteiger charge is 2.17. The van der Waals surface area contributed by atoms with E-state index in [0.29, 0.717) is 29.0 Å². The number of H-pyrrole nitrogens is 1. The van der Waals surface area contributed by atoms with Gasteiger partial charge in [0.05, 0.1) is 35.7 Å². The molecule has 0 saturated heterocycles. The van der Waals surface area contributed by atoms with Gasteiger partial charge in [-0.2, -0.15) is 0 Å². The van der Waals surface area contributed by atoms with Gasteiger partial charge in [-0.15, -0.1) is 0 Å². The van der Waals surface area contributed by atoms with E-state index in [1.165, 1.54) is 11.1 Å². The molecule has 114 valence electrons. The van der Waals surface area contributed by atoms with E-state index in [2.05, 4.69) is 9.97 Å². The van der Waals surface area contributed by atoms with E-state index in [1.807, 2.05) is 6.92 Å². The summed E-state index contributed by atoms with van der Waals surface area (Å²) in [6, 6.07) is 3.39. The number of amides is 1. The topological polar surface area (TPSA) is 79.7 Å². The molecule has 2 heterocycles. The first-order valence-corrected chi connectivity index (χ1v) is 6.89. The van der Waals surface area contributed by atoms with Gasteiger partial charge in [0.2, 0.25) is 0 Å². The molecule has 2 aromatic heterocycles. The summed E-state index contributed by atoms with van der Waals surface area (Å²) < 4.78 is 7.28. The summed E-state index contributed by atoms with van der Waals surface area (Å²) >= 11 is 0. The van der Waals surface area contributed by atoms with Gasteiger partial charge in [0.15, 0.2) is 0 Å². The second kappa shape index (κ2) is 5.18. The molecule has 0 bridgehead atoms. The highest BCUT2D eigenvalue weighted by Crippen LogP contribution is 2.26. The molecule has 0 radical (unpaired) electrons. The number of nitrogens with one attached hydrogen (secondary N) is 1. The number of aromatic amines is 1. The first-order valence-electron chi connectivity index (χ1n) is 6.89. The molecule has 0 saturated carbocycles. The van der Waals surface area contributed by atoms with E-state index in [9.17, 15) is 9.59 Å². The molecule has 1 aromatic carbocycles. The monoisotopic (exact) mass is 300 g/mol. The molecule has 1 amide bonds. The van der Waals surface area contributed by atoms with Crippen LogP contribution in [0, 0.1) is 0 Å². The Morgan fingerprint density at radius 3 is 2.82 bits per heavy atom. The van der Waals surface area contributed by atoms with E-state index in [0.717, 1.165) is 5.52 Å². The van der Waals surface area contributed by atoms with Crippen molar-refractivity contribution in [2.24, 2.45) is 0 Å². The lowest BCUT2D eigenvalue weighted by atomic mass is 10.1. The number of rotatable bonds is 3. The van der Waals surface area contributed by atoms with E-state index >= 15 is 0 Å². The predicted molar refractivity (Wildman–Crippen MR) is 82.5 cm³/mol. The van der Waals surface area contributed by atoms with Gasteiger partial charge >= 0.3 is 0 Å². The summed E-state index contributed by atoms with van der Waals surface area (Å²) in [5, 5.41) is 0. The number of ether oxygens (including phenoxy) is 1. The molecule has 22 heavy (non-hydrogen) atoms. The second-order valence-electron chi connectivity index (χ2n) is 5.10. The van der Waals surface area contributed by atoms with Gasteiger partial charge in [0.25, 0.3) is 11.5 Å². The van der Waals surface area contributed by atoms with Gasteiger partial charge in [-0.25, -0.2) is 4.98 Å². The fourth-order valence-electron chi connectivity index (χ4n) is 2.39. The number of imidazole rings is 1. The SMILES string of the molecule is CCOc1cc2c(cc1C(=O)N(C)C)[nH]c(=O)c1cncn12. The highest BCUT2D eigenvalue weighted by molar-refractivity contribution is 6.00. The number of hydrogen-bond acceptors (Lipinski definition) is 4. The molecular weight excluding hydrogens is 284 g/mol. The van der Waals surface area contributed by atoms with Crippen LogP contribution in [0.15, 0.2) is 29.5 Å². The maximum atomic E-state index is 12.3. The molecule has 0 spiro atoms. The van der Waals surface area contributed by atoms with Crippen LogP contribution in [-0.2, 0) is 0 Å². The van der Waals surface area contributed by atoms with E-state index < -0.39 is 0 Å². The Bertz CT molecular complexity index is 924. The van der Waals surface area contributed by atoms with Crippen molar-refractivity contribution in [3.63, 3.8) is 0 Å². The molecule has 7 heteroatoms. The minimum atomic E-state index is -0.252. The quantitative estimate of drug-likeness (QED) is 0.790. The standard InChI is InChI=1S/C15H16N4O3/c1-4-22-13-6-11-10(5-9(13)15(21)18(2)3)17-14(20)12-7-16-8-19(11)12/h5-8H,4H2,1-3H3,(H,17,20). The number of nitrogens with zero attached hydrogens (tertiary/aromatic N) is 3. The lowest BCUT2D eigenvalue weighted by molar-refractivity contribution is 0.0823. The second-order valence-corrected chi connectivity index (χ2v) is 5.10. The van der Waals surface area contributed by atoms with Crippen LogP contribution >= 0.6 is 0 Å². The third-order valence-corrected chi connectivity index (χ3v) is 3.41. The summed E-state index contributed by atoms with van der Waals surface area (Å²) in [5.41, 5.74) is 1.89. The first-order chi connectivity index (χ1) is 10.5. The van der Waals surface area contributed by atoms with Gasteiger partial charge in [0, 0.05) is 20.2 Å². The van der Waals surface area contributed by atoms with Crippen LogP contribution in [0.3, 0.4) is 0 Å². The molecular formula is C15H16N4O3. The fraction of sp³-hybridized carbons (Fsp3) is 0.267. The molecule has 1 N–H and O–H groups in total. The van der Waals surface area contributed by atoms with Crippen molar-refractivity contribution in [2.45, 2.75) is 6.92 Å². The van der Waals surface area contributed by atoms with E-state index in [1.54, 1.807) is 37.0 Å². The molecule has 0 aliphatic rings. The Labute approximate surface area is 126 Å². The predicted octanol–water partition coefficient (Wildman–Crippen LogP) is 1.28. The largest absolute Gasteiger partial charge is 0.493 e. The molecule has 0 fully saturated rings. The fourth-order valence-corrected chi connectivity index (χ4v) is 2.39. The third-order valence-electron chi connectivity index (χ3n) is 3.41. The Morgan fingerprint density at radius 2 is 2.14 bits per heavy atom. The zero-order valence-electron chi connectivity index (χ0n) is 12.6. The van der Waals surface area contributed by atoms with Crippen LogP contribution in [0.25, 0.3) is 16.6 Å². The van der Waals surface area contributed by atoms with Crippen LogP contribution in [0.5, 0.6) is 5.75 Å². The molecule has 0 unspecified atom stereocenters. The maximum Gasteiger partial charge on any atom is 0.274 e. The molecule has 0 atom stereocenters. The molecule has 3 rings (SSSR count). The van der Waals surface area contributed by atoms with Crippen molar-refractivity contribution in [1.82, 2.24) is 19.3 Å². The number of aromatic nitrogens is 3. The van der Waals surface area contributed by atoms with Gasteiger partial charge in [-0.05, 0) is 13.0 Å². The van der Waals surface area contributed by atoms with Crippen LogP contribution in [0.1, 0.15) is 17.3 Å². The normalized spacial score (nSPS) is 11.0. The number of benzene rings is 1. The molecule has 7 nitrogen and oxygen atoms in total. The van der Waals surface area contributed by atoms with Crippen LogP contribution in [0.4, 0.5) is 0 Å². The number of fused-ring (bicyclic) bond motifs is 3. The smallest absolute Gasteiger partial charge is 0.274 e. The van der Waals surface area contributed by atoms with Crippen LogP contribution in [-0.4, -0.2) is 45.9 Å². The van der Waals surface area contributed by atoms with Gasteiger partial charge < -0.3 is 14.6 Å². The summed E-state index contributed by atoms with van der Waals surface area (Å²) in [6.07, 6.45) is 3.06. The zero-order chi connectivity index (χ0) is 15.9. The van der Waals surface area contributed by atoms with Crippen molar-refractivity contribution >= 4 is 22.5 Å². The summed E-state index contributed by atoms with van der Waals surface area (Å²) in [6.45, 7) is 2.30. The summed E-state index contributed by atoms with van der Waals surface area (Å²) in [7, 11) is 3.34. The van der Waals surface area contributed by atoms with Crippen molar-refractivity contribution in [2.75, 3.05) is 20.7 Å². The third kappa shape index (κ3) is 2.11. The lowest BCUT2D eigenvalue weighted by Crippen LogP contribution is -2.23. The number of carbonyl (C=O) groups is 1. The van der Waals surface area contributed by atoms with E-state index in [4.69, 9.17) is 4.74 Å². The van der Waals surface area contributed by atoms with Gasteiger partial charge in [0.1, 0.15) is 11.3 Å². The molecule has 0 aliphatic carbocycles. The van der Waals surface area contributed by atoms with Gasteiger partial charge in [-0.3, -0.25) is 14.0 Å². The minimum Gasteiger partial charge on any atom is -0.493 e. The first kappa shape index (κ1) is 14.1. The van der Waals surface area contributed by atoms with E-state index in [-0.39, 0.29) is 11.5 Å². The molecule has 0 aliphatic heterocycles. The Hall–Kier alpha value is -2.83. The summed E-state index contributed by atoms with van der Waals surface area (Å²) in [5.74, 6) is 0.299. The maximum absolute atomic E-state index is 12.3. The van der Waals surface area contributed by atoms with Crippen molar-refractivity contribution in [1.29, 1.82) is 0 Å². The Morgan fingerprint density at radius 1 is 1.36 bits per heavy atom. The Kier molecular flexibility index (Phi) is 3.32. The van der Waals surface area contributed by atoms with Gasteiger partial charge in [-0.1, -0.05) is 0 Å². The number of carbonyl (C=O) groups excluding carboxylic acids is 1. The van der Waals surface area contributed by atoms with Crippen molar-refractivity contribution in [3.05, 3.63) is 40.6 Å². The Balaban J connectivity index is 2.37. The number of hydrogen-bond donors (Lipinski definition) is 1. The zero-order valence-corrected chi connectivity index (χ0v) is 12.6. The van der Waals surface area contributed by atoms with Crippen LogP contribution in [0.2, 0.25) is 0 Å². The van der Waals surface area contributed by atoms with Crippen LogP contribution < -0.4 is 10.3 Å². The van der Waals surface area contributed by atoms with Crippen molar-refractivity contribution in [3.8, 4) is 5.75 Å². The summed E-state index contributed by atoms with van der Waals surface area (Å²) in [4.78, 5) is 32.6. The molecule has 3 aromatic rings. The average molecular weight is 300 g/mol. The highest BCUT2D eigenvalue weighted by atomic mass is 16.5. The average Bonchev–Trinajstić information content (AvgIpc) is 2.97. The minimum absolute atomic E-state index is 0.183. The lowest BCUT2D eigenvalue weighted by Gasteiger charge is -2.15. The van der Waals surface area contributed by atoms with Crippen molar-refractivity contribution < 1.29 is 9.53 Å².